The van der Waals surface area contributed by atoms with E-state index in [0.29, 0.717) is 12.2 Å². The van der Waals surface area contributed by atoms with Gasteiger partial charge >= 0.3 is 0 Å². The van der Waals surface area contributed by atoms with E-state index in [9.17, 15) is 4.39 Å². The van der Waals surface area contributed by atoms with Gasteiger partial charge in [-0.3, -0.25) is 0 Å². The summed E-state index contributed by atoms with van der Waals surface area (Å²) in [5, 5.41) is 3.14. The molecule has 0 saturated heterocycles. The van der Waals surface area contributed by atoms with Crippen LogP contribution in [0.2, 0.25) is 0 Å². The average molecular weight is 281 g/mol. The summed E-state index contributed by atoms with van der Waals surface area (Å²) in [5.74, 6) is -0.409. The molecule has 0 unspecified atom stereocenters. The number of hydrogen-bond donors (Lipinski definition) is 2. The summed E-state index contributed by atoms with van der Waals surface area (Å²) in [4.78, 5) is 5.35. The third kappa shape index (κ3) is 2.83. The second-order valence-electron chi connectivity index (χ2n) is 3.77. The van der Waals surface area contributed by atoms with E-state index < -0.39 is 5.82 Å². The molecule has 1 aromatic heterocycles. The van der Waals surface area contributed by atoms with Gasteiger partial charge in [0.15, 0.2) is 0 Å². The molecule has 0 spiro atoms. The van der Waals surface area contributed by atoms with Gasteiger partial charge in [-0.1, -0.05) is 12.2 Å². The Bertz CT molecular complexity index is 580. The Morgan fingerprint density at radius 1 is 1.56 bits per heavy atom. The van der Waals surface area contributed by atoms with Crippen molar-refractivity contribution in [2.45, 2.75) is 13.5 Å². The van der Waals surface area contributed by atoms with E-state index in [4.69, 9.17) is 18.0 Å². The van der Waals surface area contributed by atoms with Crippen LogP contribution in [0.3, 0.4) is 0 Å². The maximum absolute atomic E-state index is 13.6. The van der Waals surface area contributed by atoms with Crippen molar-refractivity contribution in [3.63, 3.8) is 0 Å². The maximum Gasteiger partial charge on any atom is 0.135 e. The molecule has 0 fully saturated rings. The average Bonchev–Trinajstić information content (AvgIpc) is 2.72. The van der Waals surface area contributed by atoms with E-state index in [2.05, 4.69) is 10.3 Å². The van der Waals surface area contributed by atoms with Gasteiger partial charge in [0.05, 0.1) is 17.7 Å². The lowest BCUT2D eigenvalue weighted by Crippen LogP contribution is -2.12. The zero-order valence-corrected chi connectivity index (χ0v) is 11.4. The summed E-state index contributed by atoms with van der Waals surface area (Å²) in [6, 6.07) is 4.73. The van der Waals surface area contributed by atoms with Crippen LogP contribution in [0.25, 0.3) is 0 Å². The normalized spacial score (nSPS) is 10.3. The van der Waals surface area contributed by atoms with Gasteiger partial charge in [0.25, 0.3) is 0 Å². The van der Waals surface area contributed by atoms with Gasteiger partial charge in [-0.05, 0) is 25.1 Å². The molecule has 0 bridgehead atoms. The molecule has 0 aliphatic carbocycles. The van der Waals surface area contributed by atoms with Gasteiger partial charge in [-0.15, -0.1) is 11.3 Å². The number of rotatable bonds is 4. The molecule has 0 amide bonds. The molecule has 94 valence electrons. The lowest BCUT2D eigenvalue weighted by molar-refractivity contribution is 0.626. The third-order valence-corrected chi connectivity index (χ3v) is 3.69. The summed E-state index contributed by atoms with van der Waals surface area (Å²) >= 11 is 6.32. The molecule has 0 atom stereocenters. The van der Waals surface area contributed by atoms with Gasteiger partial charge < -0.3 is 11.1 Å². The molecule has 0 radical (unpaired) electrons. The van der Waals surface area contributed by atoms with E-state index in [0.717, 1.165) is 10.6 Å². The molecule has 3 N–H and O–H groups in total. The first kappa shape index (κ1) is 12.9. The largest absolute Gasteiger partial charge is 0.389 e. The van der Waals surface area contributed by atoms with Crippen molar-refractivity contribution < 1.29 is 4.39 Å². The lowest BCUT2D eigenvalue weighted by atomic mass is 10.2. The van der Waals surface area contributed by atoms with Crippen LogP contribution in [-0.4, -0.2) is 9.97 Å². The van der Waals surface area contributed by atoms with Crippen LogP contribution >= 0.6 is 23.6 Å². The number of nitrogens with zero attached hydrogens (tertiary/aromatic N) is 1. The minimum absolute atomic E-state index is 0.0670. The predicted octanol–water partition coefficient (Wildman–Crippen LogP) is 2.84. The summed E-state index contributed by atoms with van der Waals surface area (Å²) in [6.45, 7) is 2.58. The number of nitrogens with one attached hydrogen (secondary N) is 1. The first-order chi connectivity index (χ1) is 8.58. The highest BCUT2D eigenvalue weighted by atomic mass is 32.1. The standard InChI is InChI=1S/C12H12FN3S2/c1-7-11(18-6-16-7)5-15-8-2-3-9(12(14)17)10(13)4-8/h2-4,6,15H,5H2,1H3,(H2,14,17). The Morgan fingerprint density at radius 2 is 2.33 bits per heavy atom. The van der Waals surface area contributed by atoms with Crippen molar-refractivity contribution >= 4 is 34.2 Å². The number of nitrogens with two attached hydrogens (primary N) is 1. The van der Waals surface area contributed by atoms with Crippen molar-refractivity contribution in [2.75, 3.05) is 5.32 Å². The van der Waals surface area contributed by atoms with Crippen molar-refractivity contribution in [3.8, 4) is 0 Å². The number of aromatic nitrogens is 1. The Kier molecular flexibility index (Phi) is 3.88. The number of anilines is 1. The molecule has 0 aliphatic heterocycles. The topological polar surface area (TPSA) is 50.9 Å². The van der Waals surface area contributed by atoms with Crippen LogP contribution in [0.4, 0.5) is 10.1 Å². The molecule has 1 aromatic carbocycles. The smallest absolute Gasteiger partial charge is 0.135 e. The minimum Gasteiger partial charge on any atom is -0.389 e. The highest BCUT2D eigenvalue weighted by Crippen LogP contribution is 2.18. The van der Waals surface area contributed by atoms with Crippen LogP contribution < -0.4 is 11.1 Å². The molecule has 0 saturated carbocycles. The van der Waals surface area contributed by atoms with Gasteiger partial charge in [0, 0.05) is 16.1 Å². The van der Waals surface area contributed by atoms with Crippen molar-refractivity contribution in [1.29, 1.82) is 0 Å². The molecule has 1 heterocycles. The Morgan fingerprint density at radius 3 is 2.89 bits per heavy atom. The lowest BCUT2D eigenvalue weighted by Gasteiger charge is -2.07. The number of thiocarbonyl (C=S) groups is 1. The summed E-state index contributed by atoms with van der Waals surface area (Å²) < 4.78 is 13.6. The van der Waals surface area contributed by atoms with Crippen LogP contribution in [-0.2, 0) is 6.54 Å². The van der Waals surface area contributed by atoms with E-state index in [1.165, 1.54) is 6.07 Å². The maximum atomic E-state index is 13.6. The molecule has 2 aromatic rings. The zero-order valence-electron chi connectivity index (χ0n) is 9.74. The Labute approximate surface area is 114 Å². The van der Waals surface area contributed by atoms with E-state index >= 15 is 0 Å². The number of halogens is 1. The quantitative estimate of drug-likeness (QED) is 0.846. The first-order valence-corrected chi connectivity index (χ1v) is 6.59. The monoisotopic (exact) mass is 281 g/mol. The fraction of sp³-hybridized carbons (Fsp3) is 0.167. The second-order valence-corrected chi connectivity index (χ2v) is 5.15. The fourth-order valence-corrected chi connectivity index (χ4v) is 2.39. The first-order valence-electron chi connectivity index (χ1n) is 5.30. The predicted molar refractivity (Wildman–Crippen MR) is 76.5 cm³/mol. The van der Waals surface area contributed by atoms with Crippen LogP contribution in [0.5, 0.6) is 0 Å². The van der Waals surface area contributed by atoms with Crippen LogP contribution in [0.1, 0.15) is 16.1 Å². The Balaban J connectivity index is 2.09. The molecule has 0 aliphatic rings. The summed E-state index contributed by atoms with van der Waals surface area (Å²) in [5.41, 5.74) is 9.15. The molecule has 2 rings (SSSR count). The van der Waals surface area contributed by atoms with Crippen molar-refractivity contribution in [3.05, 3.63) is 45.7 Å². The summed E-state index contributed by atoms with van der Waals surface area (Å²) in [6.07, 6.45) is 0. The highest BCUT2D eigenvalue weighted by molar-refractivity contribution is 7.80. The SMILES string of the molecule is Cc1ncsc1CNc1ccc(C(N)=S)c(F)c1. The minimum atomic E-state index is -0.409. The van der Waals surface area contributed by atoms with Gasteiger partial charge in [-0.2, -0.15) is 0 Å². The summed E-state index contributed by atoms with van der Waals surface area (Å²) in [7, 11) is 0. The van der Waals surface area contributed by atoms with Gasteiger partial charge in [0.2, 0.25) is 0 Å². The van der Waals surface area contributed by atoms with E-state index in [1.54, 1.807) is 29.0 Å². The van der Waals surface area contributed by atoms with Gasteiger partial charge in [0.1, 0.15) is 10.8 Å². The second kappa shape index (κ2) is 5.41. The molecular formula is C12H12FN3S2. The Hall–Kier alpha value is -1.53. The number of hydrogen-bond acceptors (Lipinski definition) is 4. The number of benzene rings is 1. The van der Waals surface area contributed by atoms with E-state index in [1.807, 2.05) is 6.92 Å². The van der Waals surface area contributed by atoms with Gasteiger partial charge in [-0.25, -0.2) is 9.37 Å². The third-order valence-electron chi connectivity index (χ3n) is 2.53. The van der Waals surface area contributed by atoms with Crippen molar-refractivity contribution in [1.82, 2.24) is 4.98 Å². The molecular weight excluding hydrogens is 269 g/mol. The van der Waals surface area contributed by atoms with Crippen LogP contribution in [0, 0.1) is 12.7 Å². The van der Waals surface area contributed by atoms with Crippen LogP contribution in [0.15, 0.2) is 23.7 Å². The zero-order chi connectivity index (χ0) is 13.1. The molecule has 6 heteroatoms. The fourth-order valence-electron chi connectivity index (χ4n) is 1.50. The molecule has 3 nitrogen and oxygen atoms in total. The van der Waals surface area contributed by atoms with E-state index in [-0.39, 0.29) is 10.6 Å². The van der Waals surface area contributed by atoms with Crippen molar-refractivity contribution in [2.24, 2.45) is 5.73 Å². The number of aryl methyl sites for hydroxylation is 1. The number of thiazole rings is 1. The molecule has 18 heavy (non-hydrogen) atoms. The highest BCUT2D eigenvalue weighted by Gasteiger charge is 2.06.